The third kappa shape index (κ3) is 5.46. The number of amides is 1. The number of carbonyl (C=O) groups excluding carboxylic acids is 3. The van der Waals surface area contributed by atoms with Crippen LogP contribution in [-0.4, -0.2) is 29.3 Å². The summed E-state index contributed by atoms with van der Waals surface area (Å²) in [4.78, 5) is 41.1. The van der Waals surface area contributed by atoms with Gasteiger partial charge < -0.3 is 10.1 Å². The van der Waals surface area contributed by atoms with Gasteiger partial charge in [0.2, 0.25) is 0 Å². The molecule has 2 heterocycles. The maximum absolute atomic E-state index is 12.1. The van der Waals surface area contributed by atoms with E-state index in [9.17, 15) is 14.4 Å². The van der Waals surface area contributed by atoms with Crippen LogP contribution in [0.4, 0.5) is 5.69 Å². The molecule has 0 unspecified atom stereocenters. The number of thiophene rings is 1. The van der Waals surface area contributed by atoms with Gasteiger partial charge in [0.05, 0.1) is 21.5 Å². The Morgan fingerprint density at radius 3 is 2.59 bits per heavy atom. The maximum Gasteiger partial charge on any atom is 0.306 e. The minimum atomic E-state index is -0.577. The third-order valence-corrected chi connectivity index (χ3v) is 6.65. The number of nitrogens with one attached hydrogen (secondary N) is 1. The number of rotatable bonds is 8. The van der Waals surface area contributed by atoms with Crippen LogP contribution in [-0.2, 0) is 14.3 Å². The van der Waals surface area contributed by atoms with Gasteiger partial charge in [-0.1, -0.05) is 12.1 Å². The number of anilines is 1. The summed E-state index contributed by atoms with van der Waals surface area (Å²) in [6.07, 6.45) is 0.00810. The lowest BCUT2D eigenvalue weighted by molar-refractivity contribution is -0.147. The van der Waals surface area contributed by atoms with E-state index in [2.05, 4.69) is 23.3 Å². The van der Waals surface area contributed by atoms with Crippen LogP contribution in [0, 0.1) is 6.92 Å². The van der Waals surface area contributed by atoms with Crippen LogP contribution in [0.5, 0.6) is 0 Å². The number of ether oxygens (including phenoxy) is 1. The first-order chi connectivity index (χ1) is 15.5. The van der Waals surface area contributed by atoms with Gasteiger partial charge in [-0.3, -0.25) is 14.4 Å². The number of ketones is 1. The summed E-state index contributed by atoms with van der Waals surface area (Å²) >= 11 is 2.96. The van der Waals surface area contributed by atoms with E-state index < -0.39 is 18.5 Å². The fourth-order valence-electron chi connectivity index (χ4n) is 3.04. The lowest BCUT2D eigenvalue weighted by Gasteiger charge is -2.07. The van der Waals surface area contributed by atoms with Crippen molar-refractivity contribution in [3.05, 3.63) is 70.4 Å². The van der Waals surface area contributed by atoms with Crippen LogP contribution in [0.1, 0.15) is 28.1 Å². The van der Waals surface area contributed by atoms with Gasteiger partial charge in [0.1, 0.15) is 5.01 Å². The minimum absolute atomic E-state index is 0.0552. The molecule has 2 aromatic carbocycles. The number of hydrogen-bond donors (Lipinski definition) is 1. The van der Waals surface area contributed by atoms with Gasteiger partial charge in [-0.05, 0) is 60.3 Å². The zero-order chi connectivity index (χ0) is 22.5. The molecule has 162 valence electrons. The van der Waals surface area contributed by atoms with Crippen molar-refractivity contribution in [1.29, 1.82) is 0 Å². The molecular formula is C24H20N2O4S2. The molecule has 2 aromatic heterocycles. The second-order valence-electron chi connectivity index (χ2n) is 7.18. The van der Waals surface area contributed by atoms with E-state index in [0.29, 0.717) is 10.6 Å². The highest BCUT2D eigenvalue weighted by molar-refractivity contribution is 7.21. The van der Waals surface area contributed by atoms with Crippen molar-refractivity contribution in [2.24, 2.45) is 0 Å². The summed E-state index contributed by atoms with van der Waals surface area (Å²) in [5, 5.41) is 5.42. The second-order valence-corrected chi connectivity index (χ2v) is 9.16. The number of esters is 1. The lowest BCUT2D eigenvalue weighted by Crippen LogP contribution is -2.21. The van der Waals surface area contributed by atoms with Gasteiger partial charge in [0, 0.05) is 17.7 Å². The number of nitrogens with zero attached hydrogens (tertiary/aromatic N) is 1. The van der Waals surface area contributed by atoms with Gasteiger partial charge in [-0.2, -0.15) is 0 Å². The number of aryl methyl sites for hydroxylation is 1. The van der Waals surface area contributed by atoms with E-state index in [1.54, 1.807) is 35.6 Å². The standard InChI is InChI=1S/C24H20N2O4S2/c1-15-4-9-18-21(13-15)32-24(26-18)16-5-7-17(8-6-16)25-22(28)14-30-23(29)11-10-19(27)20-3-2-12-31-20/h2-9,12-13H,10-11,14H2,1H3,(H,25,28). The van der Waals surface area contributed by atoms with Crippen LogP contribution in [0.2, 0.25) is 0 Å². The van der Waals surface area contributed by atoms with E-state index in [1.165, 1.54) is 16.9 Å². The van der Waals surface area contributed by atoms with E-state index in [4.69, 9.17) is 4.74 Å². The van der Waals surface area contributed by atoms with Gasteiger partial charge >= 0.3 is 5.97 Å². The average molecular weight is 465 g/mol. The Balaban J connectivity index is 1.26. The minimum Gasteiger partial charge on any atom is -0.456 e. The van der Waals surface area contributed by atoms with Crippen molar-refractivity contribution < 1.29 is 19.1 Å². The third-order valence-electron chi connectivity index (χ3n) is 4.68. The van der Waals surface area contributed by atoms with Crippen molar-refractivity contribution in [2.75, 3.05) is 11.9 Å². The molecule has 0 fully saturated rings. The summed E-state index contributed by atoms with van der Waals surface area (Å²) in [7, 11) is 0. The number of Topliss-reactive ketones (excluding diaryl/α,β-unsaturated/α-hetero) is 1. The van der Waals surface area contributed by atoms with Gasteiger partial charge in [-0.15, -0.1) is 22.7 Å². The van der Waals surface area contributed by atoms with Gasteiger partial charge in [0.15, 0.2) is 12.4 Å². The summed E-state index contributed by atoms with van der Waals surface area (Å²) in [5.41, 5.74) is 3.72. The average Bonchev–Trinajstić information content (AvgIpc) is 3.46. The lowest BCUT2D eigenvalue weighted by atomic mass is 10.2. The molecule has 6 nitrogen and oxygen atoms in total. The monoisotopic (exact) mass is 464 g/mol. The number of benzene rings is 2. The zero-order valence-corrected chi connectivity index (χ0v) is 18.9. The molecule has 4 rings (SSSR count). The topological polar surface area (TPSA) is 85.4 Å². The highest BCUT2D eigenvalue weighted by atomic mass is 32.1. The molecule has 32 heavy (non-hydrogen) atoms. The first-order valence-electron chi connectivity index (χ1n) is 9.98. The molecular weight excluding hydrogens is 444 g/mol. The molecule has 1 N–H and O–H groups in total. The Morgan fingerprint density at radius 2 is 1.84 bits per heavy atom. The molecule has 0 aliphatic heterocycles. The molecule has 1 amide bonds. The van der Waals surface area contributed by atoms with Crippen LogP contribution in [0.25, 0.3) is 20.8 Å². The number of aromatic nitrogens is 1. The number of thiazole rings is 1. The molecule has 0 aliphatic carbocycles. The number of hydrogen-bond acceptors (Lipinski definition) is 7. The highest BCUT2D eigenvalue weighted by Gasteiger charge is 2.13. The van der Waals surface area contributed by atoms with Crippen molar-refractivity contribution in [1.82, 2.24) is 4.98 Å². The maximum atomic E-state index is 12.1. The molecule has 0 saturated heterocycles. The zero-order valence-electron chi connectivity index (χ0n) is 17.3. The predicted molar refractivity (Wildman–Crippen MR) is 127 cm³/mol. The quantitative estimate of drug-likeness (QED) is 0.276. The van der Waals surface area contributed by atoms with Crippen molar-refractivity contribution >= 4 is 56.2 Å². The molecule has 4 aromatic rings. The Bertz CT molecular complexity index is 1260. The molecule has 0 spiro atoms. The summed E-state index contributed by atoms with van der Waals surface area (Å²) in [5.74, 6) is -1.12. The summed E-state index contributed by atoms with van der Waals surface area (Å²) < 4.78 is 6.11. The predicted octanol–water partition coefficient (Wildman–Crippen LogP) is 5.48. The van der Waals surface area contributed by atoms with Gasteiger partial charge in [-0.25, -0.2) is 4.98 Å². The number of carbonyl (C=O) groups is 3. The van der Waals surface area contributed by atoms with E-state index in [1.807, 2.05) is 29.6 Å². The highest BCUT2D eigenvalue weighted by Crippen LogP contribution is 2.31. The van der Waals surface area contributed by atoms with Crippen molar-refractivity contribution in [3.63, 3.8) is 0 Å². The van der Waals surface area contributed by atoms with Crippen molar-refractivity contribution in [3.8, 4) is 10.6 Å². The first-order valence-corrected chi connectivity index (χ1v) is 11.7. The normalized spacial score (nSPS) is 10.8. The molecule has 0 saturated carbocycles. The van der Waals surface area contributed by atoms with Crippen LogP contribution >= 0.6 is 22.7 Å². The molecule has 8 heteroatoms. The number of fused-ring (bicyclic) bond motifs is 1. The molecule has 0 atom stereocenters. The summed E-state index contributed by atoms with van der Waals surface area (Å²) in [6, 6.07) is 17.0. The smallest absolute Gasteiger partial charge is 0.306 e. The molecule has 0 aliphatic rings. The van der Waals surface area contributed by atoms with Gasteiger partial charge in [0.25, 0.3) is 5.91 Å². The first kappa shape index (κ1) is 21.9. The Labute approximate surface area is 192 Å². The Morgan fingerprint density at radius 1 is 1.03 bits per heavy atom. The fourth-order valence-corrected chi connectivity index (χ4v) is 4.81. The van der Waals surface area contributed by atoms with Crippen molar-refractivity contribution in [2.45, 2.75) is 19.8 Å². The second kappa shape index (κ2) is 9.84. The van der Waals surface area contributed by atoms with Crippen LogP contribution < -0.4 is 5.32 Å². The van der Waals surface area contributed by atoms with E-state index in [-0.39, 0.29) is 18.6 Å². The van der Waals surface area contributed by atoms with E-state index >= 15 is 0 Å². The van der Waals surface area contributed by atoms with Crippen LogP contribution in [0.3, 0.4) is 0 Å². The molecule has 0 radical (unpaired) electrons. The van der Waals surface area contributed by atoms with E-state index in [0.717, 1.165) is 20.8 Å². The summed E-state index contributed by atoms with van der Waals surface area (Å²) in [6.45, 7) is 1.66. The largest absolute Gasteiger partial charge is 0.456 e. The SMILES string of the molecule is Cc1ccc2nc(-c3ccc(NC(=O)COC(=O)CCC(=O)c4cccs4)cc3)sc2c1. The fraction of sp³-hybridized carbons (Fsp3) is 0.167. The molecule has 0 bridgehead atoms. The Kier molecular flexibility index (Phi) is 6.72. The van der Waals surface area contributed by atoms with Crippen LogP contribution in [0.15, 0.2) is 60.0 Å². The Hall–Kier alpha value is -3.36.